The van der Waals surface area contributed by atoms with Crippen LogP contribution < -0.4 is 15.5 Å². The van der Waals surface area contributed by atoms with Crippen molar-refractivity contribution in [2.75, 3.05) is 43.5 Å². The molecule has 0 spiro atoms. The van der Waals surface area contributed by atoms with E-state index in [0.29, 0.717) is 28.2 Å². The Kier molecular flexibility index (Phi) is 8.75. The van der Waals surface area contributed by atoms with E-state index in [1.54, 1.807) is 6.07 Å². The monoisotopic (exact) mass is 552 g/mol. The van der Waals surface area contributed by atoms with Crippen LogP contribution in [0.1, 0.15) is 37.8 Å². The van der Waals surface area contributed by atoms with E-state index in [9.17, 15) is 9.59 Å². The molecule has 0 aromatic heterocycles. The number of halogens is 3. The summed E-state index contributed by atoms with van der Waals surface area (Å²) in [6, 6.07) is 11.3. The minimum absolute atomic E-state index is 0.00455. The van der Waals surface area contributed by atoms with Gasteiger partial charge < -0.3 is 25.2 Å². The summed E-state index contributed by atoms with van der Waals surface area (Å²) in [5, 5.41) is 8.09. The molecule has 7 nitrogen and oxygen atoms in total. The normalized spacial score (nSPS) is 19.2. The third kappa shape index (κ3) is 6.31. The fraction of sp³-hybridized carbons (Fsp3) is 0.462. The van der Waals surface area contributed by atoms with E-state index in [1.165, 1.54) is 7.11 Å². The van der Waals surface area contributed by atoms with Gasteiger partial charge in [-0.1, -0.05) is 40.9 Å². The van der Waals surface area contributed by atoms with Gasteiger partial charge in [-0.05, 0) is 62.1 Å². The molecule has 0 radical (unpaired) electrons. The number of benzene rings is 2. The Hall–Kier alpha value is -2.35. The summed E-state index contributed by atoms with van der Waals surface area (Å²) >= 11 is 18.9. The molecule has 2 aliphatic rings. The summed E-state index contributed by atoms with van der Waals surface area (Å²) in [6.07, 6.45) is 1.86. The Morgan fingerprint density at radius 3 is 2.44 bits per heavy atom. The second kappa shape index (κ2) is 11.8. The highest BCUT2D eigenvalue weighted by molar-refractivity contribution is 6.35. The van der Waals surface area contributed by atoms with Crippen LogP contribution in [0.2, 0.25) is 15.1 Å². The highest BCUT2D eigenvalue weighted by Crippen LogP contribution is 2.34. The summed E-state index contributed by atoms with van der Waals surface area (Å²) in [5.41, 5.74) is 2.82. The Morgan fingerprint density at radius 1 is 1.00 bits per heavy atom. The highest BCUT2D eigenvalue weighted by atomic mass is 35.5. The zero-order valence-electron chi connectivity index (χ0n) is 20.4. The highest BCUT2D eigenvalue weighted by Gasteiger charge is 2.33. The summed E-state index contributed by atoms with van der Waals surface area (Å²) in [6.45, 7) is 4.80. The number of hydrogen-bond acceptors (Lipinski definition) is 5. The molecule has 2 aliphatic heterocycles. The van der Waals surface area contributed by atoms with E-state index < -0.39 is 6.09 Å². The van der Waals surface area contributed by atoms with Gasteiger partial charge in [-0.15, -0.1) is 0 Å². The number of amides is 2. The first-order valence-corrected chi connectivity index (χ1v) is 13.3. The minimum atomic E-state index is -0.454. The van der Waals surface area contributed by atoms with Crippen LogP contribution in [0.3, 0.4) is 0 Å². The first kappa shape index (κ1) is 26.7. The van der Waals surface area contributed by atoms with Crippen molar-refractivity contribution in [1.29, 1.82) is 0 Å². The van der Waals surface area contributed by atoms with Crippen LogP contribution in [0.25, 0.3) is 0 Å². The van der Waals surface area contributed by atoms with E-state index >= 15 is 0 Å². The van der Waals surface area contributed by atoms with Crippen molar-refractivity contribution >= 4 is 58.2 Å². The molecule has 0 aliphatic carbocycles. The van der Waals surface area contributed by atoms with Gasteiger partial charge in [0.05, 0.1) is 29.9 Å². The molecule has 36 heavy (non-hydrogen) atoms. The molecule has 0 bridgehead atoms. The number of carbonyl (C=O) groups is 2. The maximum absolute atomic E-state index is 13.1. The number of ether oxygens (including phenoxy) is 1. The quantitative estimate of drug-likeness (QED) is 0.459. The van der Waals surface area contributed by atoms with Crippen molar-refractivity contribution in [1.82, 2.24) is 10.2 Å². The maximum Gasteiger partial charge on any atom is 0.407 e. The Balaban J connectivity index is 1.34. The SMILES string of the molecule is COC(=O)NC1CCN(C(=O)C2CCN(c3ccc(Cl)c(N[C@H](C)c4ccc(Cl)cc4Cl)c3)CC2)C1. The number of alkyl carbamates (subject to hydrolysis) is 1. The third-order valence-corrected chi connectivity index (χ3v) is 7.86. The van der Waals surface area contributed by atoms with Gasteiger partial charge in [0, 0.05) is 47.8 Å². The van der Waals surface area contributed by atoms with E-state index in [4.69, 9.17) is 34.8 Å². The maximum atomic E-state index is 13.1. The van der Waals surface area contributed by atoms with Crippen molar-refractivity contribution in [3.05, 3.63) is 57.0 Å². The lowest BCUT2D eigenvalue weighted by molar-refractivity contribution is -0.135. The molecule has 0 saturated carbocycles. The van der Waals surface area contributed by atoms with Crippen molar-refractivity contribution in [2.45, 2.75) is 38.3 Å². The molecule has 1 unspecified atom stereocenters. The summed E-state index contributed by atoms with van der Waals surface area (Å²) in [5.74, 6) is 0.172. The smallest absolute Gasteiger partial charge is 0.407 e. The van der Waals surface area contributed by atoms with Crippen LogP contribution in [-0.4, -0.2) is 56.2 Å². The number of likely N-dealkylation sites (tertiary alicyclic amines) is 1. The number of nitrogens with zero attached hydrogens (tertiary/aromatic N) is 2. The molecular formula is C26H31Cl3N4O3. The molecule has 2 amide bonds. The zero-order valence-corrected chi connectivity index (χ0v) is 22.7. The largest absolute Gasteiger partial charge is 0.453 e. The zero-order chi connectivity index (χ0) is 25.8. The summed E-state index contributed by atoms with van der Waals surface area (Å²) in [7, 11) is 1.34. The van der Waals surface area contributed by atoms with Gasteiger partial charge in [0.15, 0.2) is 0 Å². The number of nitrogens with one attached hydrogen (secondary N) is 2. The number of hydrogen-bond donors (Lipinski definition) is 2. The Morgan fingerprint density at radius 2 is 1.75 bits per heavy atom. The lowest BCUT2D eigenvalue weighted by Gasteiger charge is -2.35. The number of carbonyl (C=O) groups excluding carboxylic acids is 2. The molecule has 2 atom stereocenters. The van der Waals surface area contributed by atoms with E-state index in [1.807, 2.05) is 42.2 Å². The molecule has 2 N–H and O–H groups in total. The lowest BCUT2D eigenvalue weighted by Crippen LogP contribution is -2.43. The van der Waals surface area contributed by atoms with Crippen molar-refractivity contribution in [3.63, 3.8) is 0 Å². The van der Waals surface area contributed by atoms with Crippen LogP contribution in [0.4, 0.5) is 16.2 Å². The molecule has 2 fully saturated rings. The number of piperidine rings is 1. The second-order valence-corrected chi connectivity index (χ2v) is 10.6. The molecule has 4 rings (SSSR count). The predicted molar refractivity (Wildman–Crippen MR) is 145 cm³/mol. The Labute approximate surface area is 227 Å². The lowest BCUT2D eigenvalue weighted by atomic mass is 9.95. The van der Waals surface area contributed by atoms with Crippen LogP contribution in [-0.2, 0) is 9.53 Å². The van der Waals surface area contributed by atoms with Crippen LogP contribution >= 0.6 is 34.8 Å². The van der Waals surface area contributed by atoms with Gasteiger partial charge in [0.1, 0.15) is 0 Å². The van der Waals surface area contributed by atoms with Crippen molar-refractivity contribution < 1.29 is 14.3 Å². The van der Waals surface area contributed by atoms with Crippen molar-refractivity contribution in [3.8, 4) is 0 Å². The minimum Gasteiger partial charge on any atom is -0.453 e. The standard InChI is InChI=1S/C26H31Cl3N4O3/c1-16(21-5-3-18(27)13-23(21)29)30-24-14-20(4-6-22(24)28)32-10-7-17(8-11-32)25(34)33-12-9-19(15-33)31-26(35)36-2/h3-6,13-14,16-17,19,30H,7-12,15H2,1-2H3,(H,31,35)/t16-,19?/m1/s1. The molecular weight excluding hydrogens is 523 g/mol. The first-order chi connectivity index (χ1) is 17.2. The van der Waals surface area contributed by atoms with Gasteiger partial charge in [0.25, 0.3) is 0 Å². The van der Waals surface area contributed by atoms with Crippen LogP contribution in [0, 0.1) is 5.92 Å². The van der Waals surface area contributed by atoms with E-state index in [-0.39, 0.29) is 23.9 Å². The molecule has 194 valence electrons. The third-order valence-electron chi connectivity index (χ3n) is 6.97. The predicted octanol–water partition coefficient (Wildman–Crippen LogP) is 5.99. The van der Waals surface area contributed by atoms with Crippen molar-refractivity contribution in [2.24, 2.45) is 5.92 Å². The second-order valence-electron chi connectivity index (χ2n) is 9.36. The average Bonchev–Trinajstić information content (AvgIpc) is 3.33. The van der Waals surface area contributed by atoms with Gasteiger partial charge in [-0.25, -0.2) is 4.79 Å². The van der Waals surface area contributed by atoms with Crippen LogP contribution in [0.5, 0.6) is 0 Å². The molecule has 2 heterocycles. The van der Waals surface area contributed by atoms with E-state index in [2.05, 4.69) is 20.3 Å². The fourth-order valence-electron chi connectivity index (χ4n) is 4.93. The fourth-order valence-corrected chi connectivity index (χ4v) is 5.68. The average molecular weight is 554 g/mol. The summed E-state index contributed by atoms with van der Waals surface area (Å²) in [4.78, 5) is 28.7. The molecule has 10 heteroatoms. The number of methoxy groups -OCH3 is 1. The van der Waals surface area contributed by atoms with Gasteiger partial charge in [-0.3, -0.25) is 4.79 Å². The summed E-state index contributed by atoms with van der Waals surface area (Å²) < 4.78 is 4.66. The van der Waals surface area contributed by atoms with E-state index in [0.717, 1.165) is 49.3 Å². The molecule has 2 saturated heterocycles. The van der Waals surface area contributed by atoms with Gasteiger partial charge in [0.2, 0.25) is 5.91 Å². The molecule has 2 aromatic carbocycles. The van der Waals surface area contributed by atoms with Gasteiger partial charge in [-0.2, -0.15) is 0 Å². The Bertz CT molecular complexity index is 1110. The number of rotatable bonds is 6. The topological polar surface area (TPSA) is 73.9 Å². The first-order valence-electron chi connectivity index (χ1n) is 12.1. The van der Waals surface area contributed by atoms with Crippen LogP contribution in [0.15, 0.2) is 36.4 Å². The molecule has 2 aromatic rings. The van der Waals surface area contributed by atoms with Gasteiger partial charge >= 0.3 is 6.09 Å². The number of anilines is 2.